The average Bonchev–Trinajstić information content (AvgIpc) is 2.30. The highest BCUT2D eigenvalue weighted by molar-refractivity contribution is 5.96. The molecule has 0 aliphatic rings. The third kappa shape index (κ3) is 3.86. The van der Waals surface area contributed by atoms with Gasteiger partial charge in [0.2, 0.25) is 0 Å². The fourth-order valence-electron chi connectivity index (χ4n) is 1.26. The lowest BCUT2D eigenvalue weighted by atomic mass is 10.2. The van der Waals surface area contributed by atoms with Crippen LogP contribution in [0, 0.1) is 0 Å². The number of carbonyl (C=O) groups is 2. The molecular formula is C12H17N2O3+. The van der Waals surface area contributed by atoms with Gasteiger partial charge >= 0.3 is 5.97 Å². The van der Waals surface area contributed by atoms with E-state index in [0.29, 0.717) is 12.2 Å². The Hall–Kier alpha value is -1.91. The Morgan fingerprint density at radius 1 is 1.41 bits per heavy atom. The summed E-state index contributed by atoms with van der Waals surface area (Å²) in [7, 11) is 1.86. The Morgan fingerprint density at radius 3 is 2.53 bits per heavy atom. The SMILES string of the molecule is CCOC(=O)C(C)NC(=O)c1cc[n+](C)cc1. The van der Waals surface area contributed by atoms with Gasteiger partial charge in [-0.1, -0.05) is 0 Å². The molecule has 1 unspecified atom stereocenters. The average molecular weight is 237 g/mol. The van der Waals surface area contributed by atoms with Gasteiger partial charge in [0.05, 0.1) is 12.2 Å². The molecule has 0 aromatic carbocycles. The molecule has 0 aliphatic heterocycles. The van der Waals surface area contributed by atoms with E-state index >= 15 is 0 Å². The molecule has 0 radical (unpaired) electrons. The van der Waals surface area contributed by atoms with Crippen molar-refractivity contribution in [1.29, 1.82) is 0 Å². The number of esters is 1. The standard InChI is InChI=1S/C12H16N2O3/c1-4-17-12(16)9(2)13-11(15)10-5-7-14(3)8-6-10/h5-9H,4H2,1-3H3/p+1. The molecule has 0 fully saturated rings. The first-order valence-corrected chi connectivity index (χ1v) is 5.47. The van der Waals surface area contributed by atoms with Crippen molar-refractivity contribution >= 4 is 11.9 Å². The molecule has 1 heterocycles. The molecule has 1 aromatic heterocycles. The molecule has 5 nitrogen and oxygen atoms in total. The highest BCUT2D eigenvalue weighted by Crippen LogP contribution is 1.97. The quantitative estimate of drug-likeness (QED) is 0.601. The Morgan fingerprint density at radius 2 is 2.00 bits per heavy atom. The minimum atomic E-state index is -0.642. The van der Waals surface area contributed by atoms with Crippen molar-refractivity contribution in [3.05, 3.63) is 30.1 Å². The van der Waals surface area contributed by atoms with Gasteiger partial charge in [0.15, 0.2) is 12.4 Å². The Kier molecular flexibility index (Phi) is 4.63. The number of hydrogen-bond acceptors (Lipinski definition) is 3. The van der Waals surface area contributed by atoms with Crippen LogP contribution in [0.2, 0.25) is 0 Å². The predicted molar refractivity (Wildman–Crippen MR) is 61.2 cm³/mol. The lowest BCUT2D eigenvalue weighted by Gasteiger charge is -2.12. The number of aryl methyl sites for hydroxylation is 1. The Labute approximate surface area is 100 Å². The topological polar surface area (TPSA) is 59.3 Å². The summed E-state index contributed by atoms with van der Waals surface area (Å²) in [6, 6.07) is 2.73. The minimum absolute atomic E-state index is 0.286. The summed E-state index contributed by atoms with van der Waals surface area (Å²) in [5.74, 6) is -0.714. The molecule has 0 saturated carbocycles. The van der Waals surface area contributed by atoms with Crippen LogP contribution in [-0.4, -0.2) is 24.5 Å². The van der Waals surface area contributed by atoms with Crippen molar-refractivity contribution in [2.24, 2.45) is 7.05 Å². The summed E-state index contributed by atoms with van der Waals surface area (Å²) >= 11 is 0. The summed E-state index contributed by atoms with van der Waals surface area (Å²) in [6.45, 7) is 3.63. The van der Waals surface area contributed by atoms with Gasteiger partial charge in [-0.25, -0.2) is 9.36 Å². The Balaban J connectivity index is 2.60. The summed E-state index contributed by atoms with van der Waals surface area (Å²) in [4.78, 5) is 23.1. The first kappa shape index (κ1) is 13.2. The van der Waals surface area contributed by atoms with E-state index in [1.165, 1.54) is 0 Å². The van der Waals surface area contributed by atoms with Gasteiger partial charge in [0.1, 0.15) is 13.1 Å². The van der Waals surface area contributed by atoms with E-state index in [4.69, 9.17) is 4.74 Å². The Bertz CT molecular complexity index is 401. The molecule has 1 atom stereocenters. The van der Waals surface area contributed by atoms with E-state index in [9.17, 15) is 9.59 Å². The first-order chi connectivity index (χ1) is 8.04. The molecule has 1 N–H and O–H groups in total. The summed E-state index contributed by atoms with van der Waals surface area (Å²) in [5, 5.41) is 2.58. The molecular weight excluding hydrogens is 220 g/mol. The van der Waals surface area contributed by atoms with Crippen LogP contribution in [0.3, 0.4) is 0 Å². The zero-order valence-corrected chi connectivity index (χ0v) is 10.3. The van der Waals surface area contributed by atoms with Crippen LogP contribution in [0.4, 0.5) is 0 Å². The number of ether oxygens (including phenoxy) is 1. The molecule has 1 aromatic rings. The zero-order chi connectivity index (χ0) is 12.8. The lowest BCUT2D eigenvalue weighted by molar-refractivity contribution is -0.671. The molecule has 5 heteroatoms. The molecule has 0 bridgehead atoms. The first-order valence-electron chi connectivity index (χ1n) is 5.47. The number of hydrogen-bond donors (Lipinski definition) is 1. The maximum Gasteiger partial charge on any atom is 0.328 e. The van der Waals surface area contributed by atoms with Crippen LogP contribution in [0.15, 0.2) is 24.5 Å². The predicted octanol–water partition coefficient (Wildman–Crippen LogP) is 0.192. The van der Waals surface area contributed by atoms with E-state index in [2.05, 4.69) is 5.32 Å². The summed E-state index contributed by atoms with van der Waals surface area (Å²) in [5.41, 5.74) is 0.513. The molecule has 0 spiro atoms. The van der Waals surface area contributed by atoms with E-state index in [1.807, 2.05) is 11.6 Å². The van der Waals surface area contributed by atoms with Crippen LogP contribution in [0.25, 0.3) is 0 Å². The molecule has 17 heavy (non-hydrogen) atoms. The van der Waals surface area contributed by atoms with E-state index in [1.54, 1.807) is 38.4 Å². The fraction of sp³-hybridized carbons (Fsp3) is 0.417. The number of rotatable bonds is 4. The van der Waals surface area contributed by atoms with Crippen LogP contribution in [-0.2, 0) is 16.6 Å². The minimum Gasteiger partial charge on any atom is -0.464 e. The second kappa shape index (κ2) is 5.98. The number of pyridine rings is 1. The molecule has 1 amide bonds. The van der Waals surface area contributed by atoms with Crippen molar-refractivity contribution in [2.45, 2.75) is 19.9 Å². The van der Waals surface area contributed by atoms with Crippen LogP contribution in [0.5, 0.6) is 0 Å². The number of carbonyl (C=O) groups excluding carboxylic acids is 2. The highest BCUT2D eigenvalue weighted by Gasteiger charge is 2.17. The lowest BCUT2D eigenvalue weighted by Crippen LogP contribution is -2.40. The van der Waals surface area contributed by atoms with Gasteiger partial charge in [-0.15, -0.1) is 0 Å². The number of aromatic nitrogens is 1. The van der Waals surface area contributed by atoms with Crippen LogP contribution < -0.4 is 9.88 Å². The summed E-state index contributed by atoms with van der Waals surface area (Å²) < 4.78 is 6.63. The fourth-order valence-corrected chi connectivity index (χ4v) is 1.26. The van der Waals surface area contributed by atoms with E-state index in [0.717, 1.165) is 0 Å². The second-order valence-electron chi connectivity index (χ2n) is 3.70. The molecule has 0 aliphatic carbocycles. The zero-order valence-electron chi connectivity index (χ0n) is 10.3. The van der Waals surface area contributed by atoms with E-state index < -0.39 is 12.0 Å². The smallest absolute Gasteiger partial charge is 0.328 e. The van der Waals surface area contributed by atoms with Crippen molar-refractivity contribution in [2.75, 3.05) is 6.61 Å². The van der Waals surface area contributed by atoms with Gasteiger partial charge in [-0.2, -0.15) is 0 Å². The van der Waals surface area contributed by atoms with Crippen molar-refractivity contribution < 1.29 is 18.9 Å². The maximum atomic E-state index is 11.7. The summed E-state index contributed by atoms with van der Waals surface area (Å²) in [6.07, 6.45) is 3.54. The monoisotopic (exact) mass is 237 g/mol. The number of nitrogens with zero attached hydrogens (tertiary/aromatic N) is 1. The van der Waals surface area contributed by atoms with Gasteiger partial charge in [0.25, 0.3) is 5.91 Å². The molecule has 0 saturated heterocycles. The van der Waals surface area contributed by atoms with Crippen molar-refractivity contribution in [3.8, 4) is 0 Å². The maximum absolute atomic E-state index is 11.7. The van der Waals surface area contributed by atoms with Crippen molar-refractivity contribution in [1.82, 2.24) is 5.32 Å². The third-order valence-electron chi connectivity index (χ3n) is 2.23. The van der Waals surface area contributed by atoms with Gasteiger partial charge in [-0.3, -0.25) is 4.79 Å². The highest BCUT2D eigenvalue weighted by atomic mass is 16.5. The number of nitrogens with one attached hydrogen (secondary N) is 1. The van der Waals surface area contributed by atoms with Crippen molar-refractivity contribution in [3.63, 3.8) is 0 Å². The molecule has 92 valence electrons. The third-order valence-corrected chi connectivity index (χ3v) is 2.23. The van der Waals surface area contributed by atoms with E-state index in [-0.39, 0.29) is 5.91 Å². The van der Waals surface area contributed by atoms with Gasteiger partial charge in [-0.05, 0) is 13.8 Å². The van der Waals surface area contributed by atoms with Gasteiger partial charge in [0, 0.05) is 12.1 Å². The van der Waals surface area contributed by atoms with Crippen LogP contribution >= 0.6 is 0 Å². The number of amides is 1. The largest absolute Gasteiger partial charge is 0.464 e. The van der Waals surface area contributed by atoms with Crippen LogP contribution in [0.1, 0.15) is 24.2 Å². The molecule has 1 rings (SSSR count). The normalized spacial score (nSPS) is 11.7. The second-order valence-corrected chi connectivity index (χ2v) is 3.70. The van der Waals surface area contributed by atoms with Gasteiger partial charge < -0.3 is 10.1 Å².